The molecule has 0 aliphatic rings. The van der Waals surface area contributed by atoms with Gasteiger partial charge in [-0.1, -0.05) is 6.07 Å². The van der Waals surface area contributed by atoms with Gasteiger partial charge in [-0.3, -0.25) is 9.67 Å². The predicted molar refractivity (Wildman–Crippen MR) is 117 cm³/mol. The fraction of sp³-hybridized carbons (Fsp3) is 0.524. The first-order valence-corrected chi connectivity index (χ1v) is 9.64. The summed E-state index contributed by atoms with van der Waals surface area (Å²) in [6.45, 7) is 5.47. The lowest BCUT2D eigenvalue weighted by molar-refractivity contribution is 0.295. The summed E-state index contributed by atoms with van der Waals surface area (Å²) in [5.74, 6) is 2.20. The number of aromatic nitrogens is 2. The highest BCUT2D eigenvalue weighted by Crippen LogP contribution is 2.31. The topological polar surface area (TPSA) is 75.9 Å². The molecule has 0 saturated heterocycles. The lowest BCUT2D eigenvalue weighted by Crippen LogP contribution is -2.41. The number of hydrogen-bond acceptors (Lipinski definition) is 5. The van der Waals surface area contributed by atoms with Gasteiger partial charge in [-0.15, -0.1) is 0 Å². The summed E-state index contributed by atoms with van der Waals surface area (Å²) in [5, 5.41) is 11.3. The largest absolute Gasteiger partial charge is 0.493 e. The van der Waals surface area contributed by atoms with E-state index in [1.165, 1.54) is 5.56 Å². The predicted octanol–water partition coefficient (Wildman–Crippen LogP) is 2.02. The van der Waals surface area contributed by atoms with Crippen molar-refractivity contribution in [1.82, 2.24) is 25.3 Å². The van der Waals surface area contributed by atoms with Crippen LogP contribution >= 0.6 is 0 Å². The van der Waals surface area contributed by atoms with Crippen molar-refractivity contribution in [3.63, 3.8) is 0 Å². The van der Waals surface area contributed by atoms with Crippen LogP contribution < -0.4 is 20.1 Å². The first kappa shape index (κ1) is 22.5. The van der Waals surface area contributed by atoms with Crippen LogP contribution in [0.25, 0.3) is 0 Å². The van der Waals surface area contributed by atoms with Gasteiger partial charge in [0.1, 0.15) is 0 Å². The van der Waals surface area contributed by atoms with Crippen molar-refractivity contribution < 1.29 is 9.47 Å². The van der Waals surface area contributed by atoms with Crippen LogP contribution in [0.4, 0.5) is 0 Å². The third-order valence-corrected chi connectivity index (χ3v) is 5.19. The summed E-state index contributed by atoms with van der Waals surface area (Å²) in [4.78, 5) is 6.52. The number of rotatable bonds is 8. The van der Waals surface area contributed by atoms with Crippen LogP contribution in [-0.4, -0.2) is 62.5 Å². The quantitative estimate of drug-likeness (QED) is 0.520. The molecular formula is C21H34N6O2. The van der Waals surface area contributed by atoms with Gasteiger partial charge in [-0.05, 0) is 45.6 Å². The number of aliphatic imine (C=N–C) groups is 1. The second-order valence-corrected chi connectivity index (χ2v) is 7.17. The Morgan fingerprint density at radius 1 is 1.17 bits per heavy atom. The van der Waals surface area contributed by atoms with Crippen molar-refractivity contribution in [2.45, 2.75) is 26.4 Å². The number of nitrogens with one attached hydrogen (secondary N) is 2. The van der Waals surface area contributed by atoms with E-state index in [-0.39, 0.29) is 6.04 Å². The van der Waals surface area contributed by atoms with Crippen LogP contribution in [0.5, 0.6) is 11.5 Å². The standard InChI is InChI=1S/C21H34N6O2/c1-14-17(15(2)27(6)25-14)12-23-21(22-3)24-13-18(26(4)5)16-9-10-19(28-7)20(11-16)29-8/h9-11,18H,12-13H2,1-8H3,(H2,22,23,24). The maximum Gasteiger partial charge on any atom is 0.191 e. The van der Waals surface area contributed by atoms with Crippen LogP contribution in [0.2, 0.25) is 0 Å². The van der Waals surface area contributed by atoms with E-state index < -0.39 is 0 Å². The number of benzene rings is 1. The molecule has 0 radical (unpaired) electrons. The molecule has 2 N–H and O–H groups in total. The zero-order chi connectivity index (χ0) is 21.6. The van der Waals surface area contributed by atoms with Crippen molar-refractivity contribution in [2.75, 3.05) is 41.9 Å². The van der Waals surface area contributed by atoms with Crippen molar-refractivity contribution >= 4 is 5.96 Å². The molecule has 0 saturated carbocycles. The van der Waals surface area contributed by atoms with E-state index in [1.807, 2.05) is 30.8 Å². The van der Waals surface area contributed by atoms with Crippen LogP contribution in [-0.2, 0) is 13.6 Å². The minimum atomic E-state index is 0.134. The van der Waals surface area contributed by atoms with Gasteiger partial charge in [0.15, 0.2) is 17.5 Å². The fourth-order valence-electron chi connectivity index (χ4n) is 3.32. The molecule has 2 rings (SSSR count). The summed E-state index contributed by atoms with van der Waals surface area (Å²) in [7, 11) is 11.1. The molecule has 0 bridgehead atoms. The van der Waals surface area contributed by atoms with E-state index >= 15 is 0 Å². The van der Waals surface area contributed by atoms with Crippen LogP contribution in [0.15, 0.2) is 23.2 Å². The lowest BCUT2D eigenvalue weighted by atomic mass is 10.1. The molecular weight excluding hydrogens is 368 g/mol. The van der Waals surface area contributed by atoms with E-state index in [2.05, 4.69) is 52.7 Å². The van der Waals surface area contributed by atoms with Crippen molar-refractivity contribution in [3.05, 3.63) is 40.7 Å². The molecule has 0 spiro atoms. The monoisotopic (exact) mass is 402 g/mol. The van der Waals surface area contributed by atoms with E-state index in [0.29, 0.717) is 13.1 Å². The molecule has 0 aliphatic heterocycles. The molecule has 1 aromatic carbocycles. The van der Waals surface area contributed by atoms with Crippen molar-refractivity contribution in [3.8, 4) is 11.5 Å². The number of guanidine groups is 1. The number of ether oxygens (including phenoxy) is 2. The maximum absolute atomic E-state index is 5.46. The van der Waals surface area contributed by atoms with Crippen LogP contribution in [0, 0.1) is 13.8 Å². The molecule has 2 aromatic rings. The first-order chi connectivity index (χ1) is 13.8. The van der Waals surface area contributed by atoms with Gasteiger partial charge in [-0.2, -0.15) is 5.10 Å². The Hall–Kier alpha value is -2.74. The summed E-state index contributed by atoms with van der Waals surface area (Å²) >= 11 is 0. The minimum Gasteiger partial charge on any atom is -0.493 e. The molecule has 29 heavy (non-hydrogen) atoms. The van der Waals surface area contributed by atoms with E-state index in [1.54, 1.807) is 21.3 Å². The number of nitrogens with zero attached hydrogens (tertiary/aromatic N) is 4. The second-order valence-electron chi connectivity index (χ2n) is 7.17. The Labute approximate surface area is 173 Å². The maximum atomic E-state index is 5.46. The average molecular weight is 403 g/mol. The number of aryl methyl sites for hydroxylation is 2. The smallest absolute Gasteiger partial charge is 0.191 e. The summed E-state index contributed by atoms with van der Waals surface area (Å²) in [6.07, 6.45) is 0. The highest BCUT2D eigenvalue weighted by molar-refractivity contribution is 5.79. The van der Waals surface area contributed by atoms with Gasteiger partial charge in [0.2, 0.25) is 0 Å². The molecule has 1 heterocycles. The average Bonchev–Trinajstić information content (AvgIpc) is 2.95. The third-order valence-electron chi connectivity index (χ3n) is 5.19. The Kier molecular flexibility index (Phi) is 7.90. The number of methoxy groups -OCH3 is 2. The zero-order valence-electron chi connectivity index (χ0n) is 18.8. The Balaban J connectivity index is 2.07. The zero-order valence-corrected chi connectivity index (χ0v) is 18.8. The van der Waals surface area contributed by atoms with Gasteiger partial charge in [0.05, 0.1) is 26.0 Å². The van der Waals surface area contributed by atoms with Crippen molar-refractivity contribution in [1.29, 1.82) is 0 Å². The SMILES string of the molecule is CN=C(NCc1c(C)nn(C)c1C)NCC(c1ccc(OC)c(OC)c1)N(C)C. The fourth-order valence-corrected chi connectivity index (χ4v) is 3.32. The first-order valence-electron chi connectivity index (χ1n) is 9.64. The molecule has 8 nitrogen and oxygen atoms in total. The molecule has 8 heteroatoms. The van der Waals surface area contributed by atoms with Gasteiger partial charge < -0.3 is 25.0 Å². The lowest BCUT2D eigenvalue weighted by Gasteiger charge is -2.26. The molecule has 0 fully saturated rings. The van der Waals surface area contributed by atoms with E-state index in [9.17, 15) is 0 Å². The second kappa shape index (κ2) is 10.2. The molecule has 160 valence electrons. The molecule has 0 amide bonds. The third kappa shape index (κ3) is 5.41. The molecule has 1 unspecified atom stereocenters. The van der Waals surface area contributed by atoms with Crippen molar-refractivity contribution in [2.24, 2.45) is 12.0 Å². The molecule has 1 atom stereocenters. The van der Waals surface area contributed by atoms with Gasteiger partial charge in [-0.25, -0.2) is 0 Å². The number of likely N-dealkylation sites (N-methyl/N-ethyl adjacent to an activating group) is 1. The highest BCUT2D eigenvalue weighted by Gasteiger charge is 2.17. The number of hydrogen-bond donors (Lipinski definition) is 2. The molecule has 1 aromatic heterocycles. The van der Waals surface area contributed by atoms with Gasteiger partial charge >= 0.3 is 0 Å². The molecule has 0 aliphatic carbocycles. The minimum absolute atomic E-state index is 0.134. The van der Waals surface area contributed by atoms with E-state index in [4.69, 9.17) is 9.47 Å². The summed E-state index contributed by atoms with van der Waals surface area (Å²) < 4.78 is 12.7. The Morgan fingerprint density at radius 2 is 1.86 bits per heavy atom. The normalized spacial score (nSPS) is 12.8. The van der Waals surface area contributed by atoms with Gasteiger partial charge in [0.25, 0.3) is 0 Å². The summed E-state index contributed by atoms with van der Waals surface area (Å²) in [6, 6.07) is 6.15. The summed E-state index contributed by atoms with van der Waals surface area (Å²) in [5.41, 5.74) is 4.51. The Bertz CT molecular complexity index is 844. The van der Waals surface area contributed by atoms with E-state index in [0.717, 1.165) is 34.4 Å². The van der Waals surface area contributed by atoms with Gasteiger partial charge in [0, 0.05) is 38.4 Å². The highest BCUT2D eigenvalue weighted by atomic mass is 16.5. The van der Waals surface area contributed by atoms with Crippen LogP contribution in [0.3, 0.4) is 0 Å². The van der Waals surface area contributed by atoms with Crippen LogP contribution in [0.1, 0.15) is 28.6 Å². The Morgan fingerprint density at radius 3 is 2.38 bits per heavy atom.